The van der Waals surface area contributed by atoms with Crippen LogP contribution in [0.4, 0.5) is 0 Å². The van der Waals surface area contributed by atoms with Crippen LogP contribution >= 0.6 is 0 Å². The van der Waals surface area contributed by atoms with E-state index in [-0.39, 0.29) is 18.0 Å². The fourth-order valence-electron chi connectivity index (χ4n) is 3.45. The number of methoxy groups -OCH3 is 2. The van der Waals surface area contributed by atoms with Crippen molar-refractivity contribution in [3.8, 4) is 0 Å². The fraction of sp³-hybridized carbons (Fsp3) is 0.938. The third-order valence-electron chi connectivity index (χ3n) is 4.82. The fourth-order valence-corrected chi connectivity index (χ4v) is 3.45. The molecule has 0 N–H and O–H groups in total. The molecule has 2 saturated carbocycles. The molecule has 0 aromatic rings. The SMILES string of the molecule is COCC1CCC(C(=O)OC2CCC(OC)CC2)CC1. The van der Waals surface area contributed by atoms with Crippen molar-refractivity contribution < 1.29 is 19.0 Å². The molecule has 0 spiro atoms. The maximum absolute atomic E-state index is 12.2. The molecule has 116 valence electrons. The minimum atomic E-state index is 0.0294. The van der Waals surface area contributed by atoms with Crippen molar-refractivity contribution in [1.82, 2.24) is 0 Å². The number of ether oxygens (including phenoxy) is 3. The Balaban J connectivity index is 1.68. The van der Waals surface area contributed by atoms with Crippen LogP contribution in [-0.2, 0) is 19.0 Å². The minimum Gasteiger partial charge on any atom is -0.462 e. The maximum Gasteiger partial charge on any atom is 0.309 e. The number of carbonyl (C=O) groups excluding carboxylic acids is 1. The van der Waals surface area contributed by atoms with Crippen LogP contribution in [0.15, 0.2) is 0 Å². The second kappa shape index (κ2) is 7.99. The van der Waals surface area contributed by atoms with Crippen molar-refractivity contribution in [3.63, 3.8) is 0 Å². The summed E-state index contributed by atoms with van der Waals surface area (Å²) in [6.07, 6.45) is 8.48. The Kier molecular flexibility index (Phi) is 6.30. The maximum atomic E-state index is 12.2. The van der Waals surface area contributed by atoms with E-state index in [1.54, 1.807) is 14.2 Å². The molecule has 0 aromatic carbocycles. The van der Waals surface area contributed by atoms with Crippen LogP contribution in [0.5, 0.6) is 0 Å². The third-order valence-corrected chi connectivity index (χ3v) is 4.82. The van der Waals surface area contributed by atoms with E-state index in [9.17, 15) is 4.79 Å². The lowest BCUT2D eigenvalue weighted by Gasteiger charge is -2.31. The Bertz CT molecular complexity index is 289. The van der Waals surface area contributed by atoms with Gasteiger partial charge in [0.1, 0.15) is 6.10 Å². The highest BCUT2D eigenvalue weighted by Crippen LogP contribution is 2.31. The molecule has 0 radical (unpaired) electrons. The third kappa shape index (κ3) is 4.45. The second-order valence-corrected chi connectivity index (χ2v) is 6.24. The van der Waals surface area contributed by atoms with Crippen LogP contribution in [0.25, 0.3) is 0 Å². The molecule has 20 heavy (non-hydrogen) atoms. The van der Waals surface area contributed by atoms with Crippen molar-refractivity contribution in [2.24, 2.45) is 11.8 Å². The number of hydrogen-bond donors (Lipinski definition) is 0. The highest BCUT2D eigenvalue weighted by molar-refractivity contribution is 5.72. The Hall–Kier alpha value is -0.610. The van der Waals surface area contributed by atoms with Crippen LogP contribution in [0.1, 0.15) is 51.4 Å². The zero-order valence-electron chi connectivity index (χ0n) is 12.8. The molecule has 0 atom stereocenters. The first kappa shape index (κ1) is 15.8. The van der Waals surface area contributed by atoms with E-state index in [0.717, 1.165) is 58.0 Å². The summed E-state index contributed by atoms with van der Waals surface area (Å²) < 4.78 is 16.2. The first-order valence-corrected chi connectivity index (χ1v) is 7.95. The minimum absolute atomic E-state index is 0.0294. The predicted octanol–water partition coefficient (Wildman–Crippen LogP) is 2.94. The van der Waals surface area contributed by atoms with E-state index in [1.807, 2.05) is 0 Å². The lowest BCUT2D eigenvalue weighted by molar-refractivity contribution is -0.158. The summed E-state index contributed by atoms with van der Waals surface area (Å²) in [4.78, 5) is 12.2. The molecule has 0 amide bonds. The monoisotopic (exact) mass is 284 g/mol. The number of esters is 1. The molecular weight excluding hydrogens is 256 g/mol. The van der Waals surface area contributed by atoms with Gasteiger partial charge in [0.05, 0.1) is 12.0 Å². The lowest BCUT2D eigenvalue weighted by atomic mass is 9.82. The van der Waals surface area contributed by atoms with Crippen LogP contribution in [-0.4, -0.2) is 39.0 Å². The molecule has 0 saturated heterocycles. The van der Waals surface area contributed by atoms with Gasteiger partial charge in [-0.1, -0.05) is 0 Å². The highest BCUT2D eigenvalue weighted by atomic mass is 16.5. The largest absolute Gasteiger partial charge is 0.462 e. The van der Waals surface area contributed by atoms with Crippen LogP contribution in [0.3, 0.4) is 0 Å². The number of rotatable bonds is 5. The normalized spacial score (nSPS) is 34.7. The summed E-state index contributed by atoms with van der Waals surface area (Å²) in [5, 5.41) is 0. The van der Waals surface area contributed by atoms with E-state index in [1.165, 1.54) is 0 Å². The molecule has 2 fully saturated rings. The van der Waals surface area contributed by atoms with Crippen molar-refractivity contribution in [3.05, 3.63) is 0 Å². The van der Waals surface area contributed by atoms with Crippen molar-refractivity contribution in [2.45, 2.75) is 63.6 Å². The van der Waals surface area contributed by atoms with Crippen LogP contribution < -0.4 is 0 Å². The number of hydrogen-bond acceptors (Lipinski definition) is 4. The summed E-state index contributed by atoms with van der Waals surface area (Å²) in [6, 6.07) is 0. The molecule has 2 aliphatic rings. The molecule has 0 bridgehead atoms. The van der Waals surface area contributed by atoms with E-state index < -0.39 is 0 Å². The van der Waals surface area contributed by atoms with E-state index in [0.29, 0.717) is 12.0 Å². The van der Waals surface area contributed by atoms with Crippen LogP contribution in [0.2, 0.25) is 0 Å². The summed E-state index contributed by atoms with van der Waals surface area (Å²) in [5.74, 6) is 0.770. The average molecular weight is 284 g/mol. The van der Waals surface area contributed by atoms with E-state index >= 15 is 0 Å². The van der Waals surface area contributed by atoms with Gasteiger partial charge in [0.15, 0.2) is 0 Å². The summed E-state index contributed by atoms with van der Waals surface area (Å²) >= 11 is 0. The molecule has 0 heterocycles. The van der Waals surface area contributed by atoms with Crippen molar-refractivity contribution in [1.29, 1.82) is 0 Å². The van der Waals surface area contributed by atoms with Crippen molar-refractivity contribution >= 4 is 5.97 Å². The smallest absolute Gasteiger partial charge is 0.309 e. The molecular formula is C16H28O4. The van der Waals surface area contributed by atoms with Gasteiger partial charge in [-0.05, 0) is 57.3 Å². The standard InChI is InChI=1S/C16H28O4/c1-18-11-12-3-5-13(6-4-12)16(17)20-15-9-7-14(19-2)8-10-15/h12-15H,3-11H2,1-2H3. The van der Waals surface area contributed by atoms with Gasteiger partial charge < -0.3 is 14.2 Å². The molecule has 0 aliphatic heterocycles. The second-order valence-electron chi connectivity index (χ2n) is 6.24. The number of carbonyl (C=O) groups is 1. The van der Waals surface area contributed by atoms with Crippen LogP contribution in [0, 0.1) is 11.8 Å². The first-order chi connectivity index (χ1) is 9.72. The van der Waals surface area contributed by atoms with Gasteiger partial charge >= 0.3 is 5.97 Å². The molecule has 2 aliphatic carbocycles. The molecule has 4 heteroatoms. The quantitative estimate of drug-likeness (QED) is 0.728. The Morgan fingerprint density at radius 2 is 1.50 bits per heavy atom. The van der Waals surface area contributed by atoms with Gasteiger partial charge in [-0.25, -0.2) is 0 Å². The zero-order valence-corrected chi connectivity index (χ0v) is 12.8. The van der Waals surface area contributed by atoms with Gasteiger partial charge in [-0.15, -0.1) is 0 Å². The molecule has 0 unspecified atom stereocenters. The summed E-state index contributed by atoms with van der Waals surface area (Å²) in [7, 11) is 3.51. The van der Waals surface area contributed by atoms with Crippen molar-refractivity contribution in [2.75, 3.05) is 20.8 Å². The Morgan fingerprint density at radius 1 is 0.900 bits per heavy atom. The summed E-state index contributed by atoms with van der Waals surface area (Å²) in [5.41, 5.74) is 0. The Labute approximate surface area is 122 Å². The first-order valence-electron chi connectivity index (χ1n) is 7.95. The van der Waals surface area contributed by atoms with Gasteiger partial charge in [0.2, 0.25) is 0 Å². The van der Waals surface area contributed by atoms with Gasteiger partial charge in [0.25, 0.3) is 0 Å². The van der Waals surface area contributed by atoms with E-state index in [4.69, 9.17) is 14.2 Å². The van der Waals surface area contributed by atoms with Gasteiger partial charge in [-0.2, -0.15) is 0 Å². The average Bonchev–Trinajstić information content (AvgIpc) is 2.49. The lowest BCUT2D eigenvalue weighted by Crippen LogP contribution is -2.32. The zero-order chi connectivity index (χ0) is 14.4. The molecule has 2 rings (SSSR count). The topological polar surface area (TPSA) is 44.8 Å². The molecule has 0 aromatic heterocycles. The molecule has 4 nitrogen and oxygen atoms in total. The van der Waals surface area contributed by atoms with Gasteiger partial charge in [-0.3, -0.25) is 4.79 Å². The predicted molar refractivity (Wildman–Crippen MR) is 76.5 cm³/mol. The van der Waals surface area contributed by atoms with Gasteiger partial charge in [0, 0.05) is 20.8 Å². The highest BCUT2D eigenvalue weighted by Gasteiger charge is 2.30. The summed E-state index contributed by atoms with van der Waals surface area (Å²) in [6.45, 7) is 0.822. The van der Waals surface area contributed by atoms with E-state index in [2.05, 4.69) is 0 Å². The Morgan fingerprint density at radius 3 is 2.05 bits per heavy atom.